The molecule has 0 heterocycles. The molecule has 1 N–H and O–H groups in total. The molecule has 20 heavy (non-hydrogen) atoms. The lowest BCUT2D eigenvalue weighted by Crippen LogP contribution is -2.39. The van der Waals surface area contributed by atoms with Crippen LogP contribution in [0.4, 0.5) is 0 Å². The van der Waals surface area contributed by atoms with Crippen molar-refractivity contribution >= 4 is 0 Å². The third-order valence-electron chi connectivity index (χ3n) is 3.84. The number of nitrogens with one attached hydrogen (secondary N) is 1. The summed E-state index contributed by atoms with van der Waals surface area (Å²) in [6, 6.07) is 6.63. The molecule has 1 unspecified atom stereocenters. The molecule has 1 aliphatic rings. The zero-order chi connectivity index (χ0) is 14.6. The maximum Gasteiger partial charge on any atom is 0.119 e. The van der Waals surface area contributed by atoms with E-state index in [9.17, 15) is 0 Å². The van der Waals surface area contributed by atoms with Crippen molar-refractivity contribution in [2.24, 2.45) is 5.92 Å². The van der Waals surface area contributed by atoms with Crippen LogP contribution in [0.15, 0.2) is 18.2 Å². The maximum absolute atomic E-state index is 5.96. The topological polar surface area (TPSA) is 21.3 Å². The summed E-state index contributed by atoms with van der Waals surface area (Å²) >= 11 is 0. The Morgan fingerprint density at radius 1 is 1.15 bits per heavy atom. The number of hydrogen-bond donors (Lipinski definition) is 1. The summed E-state index contributed by atoms with van der Waals surface area (Å²) in [5.41, 5.74) is 3.19. The van der Waals surface area contributed by atoms with E-state index >= 15 is 0 Å². The molecule has 2 rings (SSSR count). The van der Waals surface area contributed by atoms with E-state index in [1.165, 1.54) is 36.8 Å². The molecule has 112 valence electrons. The predicted molar refractivity (Wildman–Crippen MR) is 85.5 cm³/mol. The van der Waals surface area contributed by atoms with Crippen LogP contribution in [0.1, 0.15) is 51.7 Å². The third-order valence-corrected chi connectivity index (χ3v) is 3.84. The minimum atomic E-state index is 0.181. The van der Waals surface area contributed by atoms with E-state index in [1.807, 2.05) is 0 Å². The van der Waals surface area contributed by atoms with Gasteiger partial charge in [-0.1, -0.05) is 13.0 Å². The van der Waals surface area contributed by atoms with Crippen molar-refractivity contribution in [3.05, 3.63) is 29.3 Å². The summed E-state index contributed by atoms with van der Waals surface area (Å²) in [7, 11) is 0. The van der Waals surface area contributed by atoms with Gasteiger partial charge in [0.25, 0.3) is 0 Å². The second kappa shape index (κ2) is 6.62. The van der Waals surface area contributed by atoms with Crippen molar-refractivity contribution in [1.82, 2.24) is 5.32 Å². The van der Waals surface area contributed by atoms with Gasteiger partial charge in [0, 0.05) is 18.0 Å². The number of ether oxygens (including phenoxy) is 1. The number of hydrogen-bond acceptors (Lipinski definition) is 2. The summed E-state index contributed by atoms with van der Waals surface area (Å²) in [4.78, 5) is 0. The van der Waals surface area contributed by atoms with E-state index in [2.05, 4.69) is 51.2 Å². The standard InChI is InChI=1S/C18H29NO/c1-14(12-19-18(2,3)4)13-20-17-10-9-15-7-5-6-8-16(15)11-17/h9-11,14,19H,5-8,12-13H2,1-4H3. The molecule has 0 fully saturated rings. The summed E-state index contributed by atoms with van der Waals surface area (Å²) in [6.07, 6.45) is 5.11. The Morgan fingerprint density at radius 2 is 1.85 bits per heavy atom. The average Bonchev–Trinajstić information content (AvgIpc) is 2.42. The van der Waals surface area contributed by atoms with Crippen LogP contribution >= 0.6 is 0 Å². The average molecular weight is 275 g/mol. The van der Waals surface area contributed by atoms with Gasteiger partial charge in [0.2, 0.25) is 0 Å². The van der Waals surface area contributed by atoms with E-state index < -0.39 is 0 Å². The third kappa shape index (κ3) is 4.82. The Balaban J connectivity index is 1.81. The van der Waals surface area contributed by atoms with Crippen LogP contribution in [0.3, 0.4) is 0 Å². The van der Waals surface area contributed by atoms with Gasteiger partial charge < -0.3 is 10.1 Å². The molecule has 0 spiro atoms. The smallest absolute Gasteiger partial charge is 0.119 e. The van der Waals surface area contributed by atoms with Crippen LogP contribution in [0.5, 0.6) is 5.75 Å². The summed E-state index contributed by atoms with van der Waals surface area (Å²) in [5.74, 6) is 1.55. The fourth-order valence-electron chi connectivity index (χ4n) is 2.58. The lowest BCUT2D eigenvalue weighted by molar-refractivity contribution is 0.244. The minimum absolute atomic E-state index is 0.181. The fraction of sp³-hybridized carbons (Fsp3) is 0.667. The molecule has 2 heteroatoms. The second-order valence-corrected chi connectivity index (χ2v) is 7.18. The molecule has 2 nitrogen and oxygen atoms in total. The first-order chi connectivity index (χ1) is 9.44. The fourth-order valence-corrected chi connectivity index (χ4v) is 2.58. The highest BCUT2D eigenvalue weighted by Gasteiger charge is 2.13. The van der Waals surface area contributed by atoms with Crippen molar-refractivity contribution in [1.29, 1.82) is 0 Å². The molecule has 1 atom stereocenters. The molecule has 1 aromatic rings. The number of fused-ring (bicyclic) bond motifs is 1. The summed E-state index contributed by atoms with van der Waals surface area (Å²) < 4.78 is 5.96. The van der Waals surface area contributed by atoms with Gasteiger partial charge in [0.1, 0.15) is 5.75 Å². The number of benzene rings is 1. The van der Waals surface area contributed by atoms with Crippen molar-refractivity contribution in [3.63, 3.8) is 0 Å². The van der Waals surface area contributed by atoms with Gasteiger partial charge in [-0.2, -0.15) is 0 Å². The first-order valence-corrected chi connectivity index (χ1v) is 7.94. The summed E-state index contributed by atoms with van der Waals surface area (Å²) in [5, 5.41) is 3.53. The second-order valence-electron chi connectivity index (χ2n) is 7.18. The molecular formula is C18H29NO. The van der Waals surface area contributed by atoms with Crippen molar-refractivity contribution in [3.8, 4) is 5.75 Å². The molecule has 0 aliphatic heterocycles. The SMILES string of the molecule is CC(CNC(C)(C)C)COc1ccc2c(c1)CCCC2. The van der Waals surface area contributed by atoms with Crippen LogP contribution in [-0.4, -0.2) is 18.7 Å². The van der Waals surface area contributed by atoms with Gasteiger partial charge in [0.05, 0.1) is 6.61 Å². The quantitative estimate of drug-likeness (QED) is 0.878. The van der Waals surface area contributed by atoms with E-state index in [-0.39, 0.29) is 5.54 Å². The molecule has 0 saturated heterocycles. The Morgan fingerprint density at radius 3 is 2.55 bits per heavy atom. The van der Waals surface area contributed by atoms with Gasteiger partial charge in [-0.3, -0.25) is 0 Å². The Kier molecular flexibility index (Phi) is 5.09. The van der Waals surface area contributed by atoms with Gasteiger partial charge in [-0.15, -0.1) is 0 Å². The van der Waals surface area contributed by atoms with Crippen LogP contribution in [0, 0.1) is 5.92 Å². The van der Waals surface area contributed by atoms with Crippen LogP contribution in [-0.2, 0) is 12.8 Å². The molecule has 0 radical (unpaired) electrons. The lowest BCUT2D eigenvalue weighted by Gasteiger charge is -2.23. The Hall–Kier alpha value is -1.02. The normalized spacial score (nSPS) is 16.6. The Bertz CT molecular complexity index is 434. The monoisotopic (exact) mass is 275 g/mol. The first kappa shape index (κ1) is 15.4. The predicted octanol–water partition coefficient (Wildman–Crippen LogP) is 3.97. The molecule has 0 amide bonds. The number of rotatable bonds is 5. The number of aryl methyl sites for hydroxylation is 2. The van der Waals surface area contributed by atoms with E-state index in [4.69, 9.17) is 4.74 Å². The van der Waals surface area contributed by atoms with Gasteiger partial charge in [-0.25, -0.2) is 0 Å². The highest BCUT2D eigenvalue weighted by Crippen LogP contribution is 2.25. The minimum Gasteiger partial charge on any atom is -0.493 e. The highest BCUT2D eigenvalue weighted by atomic mass is 16.5. The molecule has 0 bridgehead atoms. The zero-order valence-electron chi connectivity index (χ0n) is 13.5. The molecule has 1 aliphatic carbocycles. The van der Waals surface area contributed by atoms with Crippen LogP contribution in [0.2, 0.25) is 0 Å². The molecule has 0 aromatic heterocycles. The summed E-state index contributed by atoms with van der Waals surface area (Å²) in [6.45, 7) is 10.6. The van der Waals surface area contributed by atoms with E-state index in [0.29, 0.717) is 5.92 Å². The van der Waals surface area contributed by atoms with Crippen LogP contribution in [0.25, 0.3) is 0 Å². The van der Waals surface area contributed by atoms with E-state index in [1.54, 1.807) is 0 Å². The Labute approximate surface area is 123 Å². The van der Waals surface area contributed by atoms with Crippen molar-refractivity contribution in [2.45, 2.75) is 58.9 Å². The first-order valence-electron chi connectivity index (χ1n) is 7.94. The van der Waals surface area contributed by atoms with Gasteiger partial charge in [0.15, 0.2) is 0 Å². The molecular weight excluding hydrogens is 246 g/mol. The van der Waals surface area contributed by atoms with Crippen LogP contribution < -0.4 is 10.1 Å². The lowest BCUT2D eigenvalue weighted by atomic mass is 9.92. The zero-order valence-corrected chi connectivity index (χ0v) is 13.5. The largest absolute Gasteiger partial charge is 0.493 e. The molecule has 0 saturated carbocycles. The highest BCUT2D eigenvalue weighted by molar-refractivity contribution is 5.37. The van der Waals surface area contributed by atoms with Gasteiger partial charge in [-0.05, 0) is 69.7 Å². The van der Waals surface area contributed by atoms with Crippen molar-refractivity contribution in [2.75, 3.05) is 13.2 Å². The maximum atomic E-state index is 5.96. The van der Waals surface area contributed by atoms with Gasteiger partial charge >= 0.3 is 0 Å². The molecule has 1 aromatic carbocycles. The van der Waals surface area contributed by atoms with E-state index in [0.717, 1.165) is 18.9 Å². The van der Waals surface area contributed by atoms with Crippen molar-refractivity contribution < 1.29 is 4.74 Å².